The maximum atomic E-state index is 3.31. The molecule has 1 N–H and O–H groups in total. The highest BCUT2D eigenvalue weighted by atomic mass is 14.8. The summed E-state index contributed by atoms with van der Waals surface area (Å²) >= 11 is 0. The molecule has 20 heavy (non-hydrogen) atoms. The summed E-state index contributed by atoms with van der Waals surface area (Å²) in [6, 6.07) is 0.701. The minimum Gasteiger partial charge on any atom is -0.317 e. The van der Waals surface area contributed by atoms with Crippen molar-refractivity contribution in [2.75, 3.05) is 7.05 Å². The van der Waals surface area contributed by atoms with Crippen LogP contribution in [0.2, 0.25) is 0 Å². The van der Waals surface area contributed by atoms with Gasteiger partial charge < -0.3 is 5.32 Å². The van der Waals surface area contributed by atoms with Gasteiger partial charge in [-0.3, -0.25) is 0 Å². The van der Waals surface area contributed by atoms with Crippen molar-refractivity contribution in [3.05, 3.63) is 0 Å². The highest BCUT2D eigenvalue weighted by Gasteiger charge is 1.97. The monoisotopic (exact) mass is 283 g/mol. The van der Waals surface area contributed by atoms with Crippen molar-refractivity contribution >= 4 is 0 Å². The Morgan fingerprint density at radius 1 is 0.600 bits per heavy atom. The fourth-order valence-corrected chi connectivity index (χ4v) is 2.79. The largest absolute Gasteiger partial charge is 0.317 e. The van der Waals surface area contributed by atoms with E-state index in [4.69, 9.17) is 0 Å². The summed E-state index contributed by atoms with van der Waals surface area (Å²) in [7, 11) is 2.06. The number of nitrogens with one attached hydrogen (secondary N) is 1. The van der Waals surface area contributed by atoms with Crippen molar-refractivity contribution in [2.24, 2.45) is 0 Å². The molecule has 0 aromatic carbocycles. The molecule has 0 saturated heterocycles. The molecule has 122 valence electrons. The Hall–Kier alpha value is -0.0400. The van der Waals surface area contributed by atoms with E-state index in [9.17, 15) is 0 Å². The normalized spacial score (nSPS) is 12.8. The van der Waals surface area contributed by atoms with Gasteiger partial charge in [0, 0.05) is 6.04 Å². The molecule has 0 fully saturated rings. The molecule has 0 bridgehead atoms. The van der Waals surface area contributed by atoms with Crippen LogP contribution in [0.1, 0.15) is 110 Å². The maximum absolute atomic E-state index is 3.31. The lowest BCUT2D eigenvalue weighted by Crippen LogP contribution is -2.20. The Balaban J connectivity index is 2.96. The van der Waals surface area contributed by atoms with Crippen LogP contribution in [-0.2, 0) is 0 Å². The first kappa shape index (κ1) is 20.0. The van der Waals surface area contributed by atoms with E-state index in [0.717, 1.165) is 0 Å². The van der Waals surface area contributed by atoms with Crippen molar-refractivity contribution < 1.29 is 0 Å². The molecule has 0 radical (unpaired) electrons. The van der Waals surface area contributed by atoms with Crippen LogP contribution in [0.5, 0.6) is 0 Å². The zero-order valence-electron chi connectivity index (χ0n) is 14.7. The fourth-order valence-electron chi connectivity index (χ4n) is 2.79. The molecule has 1 nitrogen and oxygen atoms in total. The van der Waals surface area contributed by atoms with Crippen LogP contribution in [0.15, 0.2) is 0 Å². The molecule has 0 aromatic heterocycles. The molecular formula is C19H41N. The molecule has 1 unspecified atom stereocenters. The van der Waals surface area contributed by atoms with Gasteiger partial charge in [0.1, 0.15) is 0 Å². The van der Waals surface area contributed by atoms with Crippen LogP contribution in [0, 0.1) is 0 Å². The SMILES string of the molecule is CCCCCCCCCCCCCCCCC(C)NC. The zero-order valence-corrected chi connectivity index (χ0v) is 14.7. The molecule has 0 rings (SSSR count). The topological polar surface area (TPSA) is 12.0 Å². The second-order valence-corrected chi connectivity index (χ2v) is 6.57. The van der Waals surface area contributed by atoms with Crippen LogP contribution in [0.4, 0.5) is 0 Å². The molecule has 0 aliphatic carbocycles. The van der Waals surface area contributed by atoms with Crippen molar-refractivity contribution in [3.8, 4) is 0 Å². The number of hydrogen-bond acceptors (Lipinski definition) is 1. The average molecular weight is 284 g/mol. The second-order valence-electron chi connectivity index (χ2n) is 6.57. The van der Waals surface area contributed by atoms with Crippen molar-refractivity contribution in [1.82, 2.24) is 5.32 Å². The molecular weight excluding hydrogens is 242 g/mol. The third-order valence-corrected chi connectivity index (χ3v) is 4.48. The maximum Gasteiger partial charge on any atom is 0.00357 e. The van der Waals surface area contributed by atoms with Gasteiger partial charge in [-0.15, -0.1) is 0 Å². The van der Waals surface area contributed by atoms with Crippen LogP contribution in [0.3, 0.4) is 0 Å². The Morgan fingerprint density at radius 3 is 1.30 bits per heavy atom. The van der Waals surface area contributed by atoms with Gasteiger partial charge in [0.05, 0.1) is 0 Å². The first-order valence-electron chi connectivity index (χ1n) is 9.48. The van der Waals surface area contributed by atoms with E-state index < -0.39 is 0 Å². The standard InChI is InChI=1S/C19H41N/c1-4-5-6-7-8-9-10-11-12-13-14-15-16-17-18-19(2)20-3/h19-20H,4-18H2,1-3H3. The summed E-state index contributed by atoms with van der Waals surface area (Å²) in [5, 5.41) is 3.31. The first-order chi connectivity index (χ1) is 9.81. The lowest BCUT2D eigenvalue weighted by atomic mass is 10.0. The van der Waals surface area contributed by atoms with Gasteiger partial charge in [0.25, 0.3) is 0 Å². The summed E-state index contributed by atoms with van der Waals surface area (Å²) in [5.41, 5.74) is 0. The Bertz CT molecular complexity index is 167. The van der Waals surface area contributed by atoms with Gasteiger partial charge in [-0.05, 0) is 20.4 Å². The number of hydrogen-bond donors (Lipinski definition) is 1. The Labute approximate surface area is 129 Å². The van der Waals surface area contributed by atoms with Gasteiger partial charge in [-0.2, -0.15) is 0 Å². The van der Waals surface area contributed by atoms with Gasteiger partial charge in [-0.1, -0.05) is 96.8 Å². The number of rotatable bonds is 16. The van der Waals surface area contributed by atoms with E-state index in [1.165, 1.54) is 96.3 Å². The second kappa shape index (κ2) is 17.0. The molecule has 0 heterocycles. The minimum absolute atomic E-state index is 0.701. The molecule has 0 aromatic rings. The van der Waals surface area contributed by atoms with Gasteiger partial charge >= 0.3 is 0 Å². The molecule has 0 saturated carbocycles. The van der Waals surface area contributed by atoms with Gasteiger partial charge in [0.2, 0.25) is 0 Å². The van der Waals surface area contributed by atoms with Crippen molar-refractivity contribution in [3.63, 3.8) is 0 Å². The number of unbranched alkanes of at least 4 members (excludes halogenated alkanes) is 13. The third kappa shape index (κ3) is 16.0. The summed E-state index contributed by atoms with van der Waals surface area (Å²) in [5.74, 6) is 0. The summed E-state index contributed by atoms with van der Waals surface area (Å²) in [4.78, 5) is 0. The summed E-state index contributed by atoms with van der Waals surface area (Å²) < 4.78 is 0. The average Bonchev–Trinajstić information content (AvgIpc) is 2.47. The quantitative estimate of drug-likeness (QED) is 0.320. The highest BCUT2D eigenvalue weighted by Crippen LogP contribution is 2.13. The van der Waals surface area contributed by atoms with E-state index in [1.807, 2.05) is 0 Å². The Morgan fingerprint density at radius 2 is 0.950 bits per heavy atom. The van der Waals surface area contributed by atoms with Crippen LogP contribution < -0.4 is 5.32 Å². The predicted molar refractivity (Wildman–Crippen MR) is 93.5 cm³/mol. The molecule has 1 atom stereocenters. The zero-order chi connectivity index (χ0) is 14.9. The Kier molecular flexibility index (Phi) is 17.0. The van der Waals surface area contributed by atoms with E-state index >= 15 is 0 Å². The summed E-state index contributed by atoms with van der Waals surface area (Å²) in [6.07, 6.45) is 21.7. The molecule has 0 aliphatic rings. The molecule has 1 heteroatoms. The van der Waals surface area contributed by atoms with Gasteiger partial charge in [-0.25, -0.2) is 0 Å². The minimum atomic E-state index is 0.701. The first-order valence-corrected chi connectivity index (χ1v) is 9.48. The summed E-state index contributed by atoms with van der Waals surface area (Å²) in [6.45, 7) is 4.57. The van der Waals surface area contributed by atoms with Crippen LogP contribution in [0.25, 0.3) is 0 Å². The third-order valence-electron chi connectivity index (χ3n) is 4.48. The molecule has 0 spiro atoms. The van der Waals surface area contributed by atoms with E-state index in [2.05, 4.69) is 26.2 Å². The lowest BCUT2D eigenvalue weighted by Gasteiger charge is -2.09. The highest BCUT2D eigenvalue weighted by molar-refractivity contribution is 4.57. The van der Waals surface area contributed by atoms with E-state index in [1.54, 1.807) is 0 Å². The van der Waals surface area contributed by atoms with E-state index in [0.29, 0.717) is 6.04 Å². The fraction of sp³-hybridized carbons (Fsp3) is 1.00. The van der Waals surface area contributed by atoms with Crippen molar-refractivity contribution in [1.29, 1.82) is 0 Å². The van der Waals surface area contributed by atoms with Gasteiger partial charge in [0.15, 0.2) is 0 Å². The van der Waals surface area contributed by atoms with Crippen LogP contribution in [-0.4, -0.2) is 13.1 Å². The smallest absolute Gasteiger partial charge is 0.00357 e. The van der Waals surface area contributed by atoms with Crippen LogP contribution >= 0.6 is 0 Å². The molecule has 0 amide bonds. The predicted octanol–water partition coefficient (Wildman–Crippen LogP) is 6.47. The molecule has 0 aliphatic heterocycles. The van der Waals surface area contributed by atoms with Crippen molar-refractivity contribution in [2.45, 2.75) is 116 Å². The lowest BCUT2D eigenvalue weighted by molar-refractivity contribution is 0.500. The van der Waals surface area contributed by atoms with E-state index in [-0.39, 0.29) is 0 Å².